The zero-order valence-corrected chi connectivity index (χ0v) is 10.8. The number of hydrogen-bond acceptors (Lipinski definition) is 2. The maximum atomic E-state index is 13.9. The molecule has 4 nitrogen and oxygen atoms in total. The Bertz CT molecular complexity index is 576. The molecule has 0 bridgehead atoms. The van der Waals surface area contributed by atoms with Crippen molar-refractivity contribution >= 4 is 17.5 Å². The number of anilines is 1. The summed E-state index contributed by atoms with van der Waals surface area (Å²) in [6.07, 6.45) is 1.48. The Hall–Kier alpha value is -1.98. The Balaban J connectivity index is 1.99. The monoisotopic (exact) mass is 280 g/mol. The van der Waals surface area contributed by atoms with Crippen molar-refractivity contribution in [3.63, 3.8) is 0 Å². The zero-order chi connectivity index (χ0) is 14.3. The van der Waals surface area contributed by atoms with Crippen LogP contribution in [0.3, 0.4) is 0 Å². The van der Waals surface area contributed by atoms with Gasteiger partial charge in [-0.2, -0.15) is 0 Å². The summed E-state index contributed by atoms with van der Waals surface area (Å²) in [5.41, 5.74) is -0.0865. The number of carbonyl (C=O) groups excluding carboxylic acids is 2. The van der Waals surface area contributed by atoms with Crippen molar-refractivity contribution in [2.24, 2.45) is 0 Å². The Labute approximate surface area is 115 Å². The molecular formula is C14H14F2N2O2. The van der Waals surface area contributed by atoms with Crippen molar-refractivity contribution in [3.05, 3.63) is 29.8 Å². The summed E-state index contributed by atoms with van der Waals surface area (Å²) in [6, 6.07) is 3.20. The molecule has 2 saturated heterocycles. The van der Waals surface area contributed by atoms with Crippen LogP contribution in [0.1, 0.15) is 19.3 Å². The van der Waals surface area contributed by atoms with Gasteiger partial charge in [0.25, 0.3) is 0 Å². The summed E-state index contributed by atoms with van der Waals surface area (Å²) in [7, 11) is 0. The van der Waals surface area contributed by atoms with E-state index in [2.05, 4.69) is 0 Å². The first-order valence-electron chi connectivity index (χ1n) is 6.64. The number of hydrogen-bond donors (Lipinski definition) is 0. The van der Waals surface area contributed by atoms with E-state index in [0.717, 1.165) is 12.5 Å². The molecule has 0 radical (unpaired) electrons. The minimum atomic E-state index is -1.04. The van der Waals surface area contributed by atoms with Gasteiger partial charge in [0.05, 0.1) is 5.69 Å². The highest BCUT2D eigenvalue weighted by Crippen LogP contribution is 2.29. The summed E-state index contributed by atoms with van der Waals surface area (Å²) in [5, 5.41) is 0. The van der Waals surface area contributed by atoms with Gasteiger partial charge in [0.15, 0.2) is 11.6 Å². The molecule has 2 fully saturated rings. The van der Waals surface area contributed by atoms with Gasteiger partial charge < -0.3 is 9.80 Å². The lowest BCUT2D eigenvalue weighted by Crippen LogP contribution is -2.44. The third-order valence-corrected chi connectivity index (χ3v) is 3.90. The van der Waals surface area contributed by atoms with Gasteiger partial charge in [-0.15, -0.1) is 0 Å². The molecule has 1 aromatic carbocycles. The van der Waals surface area contributed by atoms with Crippen LogP contribution in [-0.2, 0) is 9.59 Å². The summed E-state index contributed by atoms with van der Waals surface area (Å²) in [4.78, 5) is 27.2. The molecule has 3 rings (SSSR count). The highest BCUT2D eigenvalue weighted by Gasteiger charge is 2.40. The average molecular weight is 280 g/mol. The predicted molar refractivity (Wildman–Crippen MR) is 68.1 cm³/mol. The lowest BCUT2D eigenvalue weighted by molar-refractivity contribution is -0.135. The van der Waals surface area contributed by atoms with E-state index in [4.69, 9.17) is 0 Å². The molecule has 2 amide bonds. The smallest absolute Gasteiger partial charge is 0.249 e. The number of rotatable bonds is 1. The lowest BCUT2D eigenvalue weighted by Gasteiger charge is -2.25. The van der Waals surface area contributed by atoms with E-state index in [9.17, 15) is 18.4 Å². The molecule has 2 heterocycles. The van der Waals surface area contributed by atoms with Crippen LogP contribution in [0.4, 0.5) is 14.5 Å². The first-order chi connectivity index (χ1) is 9.59. The fourth-order valence-electron chi connectivity index (χ4n) is 2.90. The quantitative estimate of drug-likeness (QED) is 0.785. The molecule has 6 heteroatoms. The van der Waals surface area contributed by atoms with Gasteiger partial charge in [-0.3, -0.25) is 9.59 Å². The largest absolute Gasteiger partial charge is 0.331 e. The fourth-order valence-corrected chi connectivity index (χ4v) is 2.90. The molecule has 0 saturated carbocycles. The first-order valence-corrected chi connectivity index (χ1v) is 6.64. The number of halogens is 2. The van der Waals surface area contributed by atoms with E-state index >= 15 is 0 Å². The topological polar surface area (TPSA) is 40.6 Å². The normalized spacial score (nSPS) is 23.0. The van der Waals surface area contributed by atoms with Gasteiger partial charge in [-0.25, -0.2) is 8.78 Å². The Kier molecular flexibility index (Phi) is 3.16. The van der Waals surface area contributed by atoms with Crippen molar-refractivity contribution in [1.29, 1.82) is 0 Å². The maximum absolute atomic E-state index is 13.9. The average Bonchev–Trinajstić information content (AvgIpc) is 2.88. The maximum Gasteiger partial charge on any atom is 0.249 e. The Morgan fingerprint density at radius 2 is 1.95 bits per heavy atom. The van der Waals surface area contributed by atoms with Crippen LogP contribution in [0.2, 0.25) is 0 Å². The minimum absolute atomic E-state index is 0.0865. The van der Waals surface area contributed by atoms with Gasteiger partial charge in [-0.05, 0) is 25.0 Å². The van der Waals surface area contributed by atoms with Gasteiger partial charge >= 0.3 is 0 Å². The molecule has 0 aromatic heterocycles. The van der Waals surface area contributed by atoms with Crippen molar-refractivity contribution in [1.82, 2.24) is 4.90 Å². The third-order valence-electron chi connectivity index (χ3n) is 3.90. The second-order valence-electron chi connectivity index (χ2n) is 5.06. The number of amides is 2. The molecule has 1 atom stereocenters. The Morgan fingerprint density at radius 3 is 2.75 bits per heavy atom. The molecule has 0 N–H and O–H groups in total. The van der Waals surface area contributed by atoms with Gasteiger partial charge in [0.1, 0.15) is 6.04 Å². The van der Waals surface area contributed by atoms with E-state index in [1.54, 1.807) is 4.90 Å². The number of fused-ring (bicyclic) bond motifs is 1. The molecule has 20 heavy (non-hydrogen) atoms. The second-order valence-corrected chi connectivity index (χ2v) is 5.06. The zero-order valence-electron chi connectivity index (χ0n) is 10.8. The first kappa shape index (κ1) is 13.0. The molecule has 1 unspecified atom stereocenters. The molecule has 1 aromatic rings. The number of benzene rings is 1. The fraction of sp³-hybridized carbons (Fsp3) is 0.429. The summed E-state index contributed by atoms with van der Waals surface area (Å²) in [6.45, 7) is 0.653. The van der Waals surface area contributed by atoms with Gasteiger partial charge in [-0.1, -0.05) is 6.07 Å². The molecule has 106 valence electrons. The van der Waals surface area contributed by atoms with Gasteiger partial charge in [0, 0.05) is 19.5 Å². The van der Waals surface area contributed by atoms with E-state index in [-0.39, 0.29) is 30.5 Å². The number of nitrogens with zero attached hydrogens (tertiary/aromatic N) is 2. The summed E-state index contributed by atoms with van der Waals surface area (Å²) >= 11 is 0. The van der Waals surface area contributed by atoms with Crippen LogP contribution in [0.25, 0.3) is 0 Å². The highest BCUT2D eigenvalue weighted by molar-refractivity contribution is 6.01. The van der Waals surface area contributed by atoms with Crippen molar-refractivity contribution < 1.29 is 18.4 Å². The summed E-state index contributed by atoms with van der Waals surface area (Å²) < 4.78 is 27.2. The van der Waals surface area contributed by atoms with Crippen LogP contribution < -0.4 is 4.90 Å². The highest BCUT2D eigenvalue weighted by atomic mass is 19.2. The van der Waals surface area contributed by atoms with Crippen LogP contribution in [0.15, 0.2) is 18.2 Å². The lowest BCUT2D eigenvalue weighted by atomic mass is 10.1. The van der Waals surface area contributed by atoms with E-state index in [1.807, 2.05) is 0 Å². The predicted octanol–water partition coefficient (Wildman–Crippen LogP) is 1.69. The van der Waals surface area contributed by atoms with E-state index < -0.39 is 17.7 Å². The minimum Gasteiger partial charge on any atom is -0.331 e. The molecule has 2 aliphatic rings. The molecular weight excluding hydrogens is 266 g/mol. The molecule has 2 aliphatic heterocycles. The standard InChI is InChI=1S/C14H14F2N2O2/c15-9-3-1-4-10(13(9)16)18-8-6-12(19)17-7-2-5-11(17)14(18)20/h1,3-4,11H,2,5-8H2. The van der Waals surface area contributed by atoms with Crippen LogP contribution in [0, 0.1) is 11.6 Å². The van der Waals surface area contributed by atoms with Crippen molar-refractivity contribution in [2.45, 2.75) is 25.3 Å². The van der Waals surface area contributed by atoms with Crippen LogP contribution in [-0.4, -0.2) is 35.8 Å². The Morgan fingerprint density at radius 1 is 1.15 bits per heavy atom. The second kappa shape index (κ2) is 4.85. The van der Waals surface area contributed by atoms with Crippen molar-refractivity contribution in [3.8, 4) is 0 Å². The molecule has 0 spiro atoms. The summed E-state index contributed by atoms with van der Waals surface area (Å²) in [5.74, 6) is -2.45. The number of carbonyl (C=O) groups is 2. The van der Waals surface area contributed by atoms with E-state index in [0.29, 0.717) is 13.0 Å². The van der Waals surface area contributed by atoms with Crippen LogP contribution >= 0.6 is 0 Å². The van der Waals surface area contributed by atoms with E-state index in [1.165, 1.54) is 17.0 Å². The molecule has 0 aliphatic carbocycles. The van der Waals surface area contributed by atoms with Crippen molar-refractivity contribution in [2.75, 3.05) is 18.0 Å². The third kappa shape index (κ3) is 1.95. The van der Waals surface area contributed by atoms with Crippen LogP contribution in [0.5, 0.6) is 0 Å². The SMILES string of the molecule is O=C1C2CCCN2C(=O)CCN1c1cccc(F)c1F. The van der Waals surface area contributed by atoms with Gasteiger partial charge in [0.2, 0.25) is 11.8 Å².